The molecule has 212 valence electrons. The molecule has 3 heterocycles. The van der Waals surface area contributed by atoms with Crippen molar-refractivity contribution in [3.05, 3.63) is 82.9 Å². The Balaban J connectivity index is 1.38. The number of nitrogens with two attached hydrogens (primary N) is 1. The Morgan fingerprint density at radius 1 is 1.15 bits per heavy atom. The Labute approximate surface area is 237 Å². The molecule has 2 atom stereocenters. The average molecular weight is 580 g/mol. The van der Waals surface area contributed by atoms with Gasteiger partial charge in [0.15, 0.2) is 16.9 Å². The first-order chi connectivity index (χ1) is 19.8. The van der Waals surface area contributed by atoms with Gasteiger partial charge in [-0.05, 0) is 11.1 Å². The number of rotatable bonds is 9. The molecule has 2 aliphatic rings. The van der Waals surface area contributed by atoms with Crippen molar-refractivity contribution in [1.82, 2.24) is 15.4 Å². The molecule has 2 aliphatic heterocycles. The molecule has 41 heavy (non-hydrogen) atoms. The summed E-state index contributed by atoms with van der Waals surface area (Å²) in [5, 5.41) is 8.58. The number of esters is 2. The summed E-state index contributed by atoms with van der Waals surface area (Å²) >= 11 is 1.09. The minimum absolute atomic E-state index is 0.146. The van der Waals surface area contributed by atoms with Crippen LogP contribution >= 0.6 is 11.3 Å². The van der Waals surface area contributed by atoms with E-state index in [0.29, 0.717) is 16.2 Å². The Kier molecular flexibility index (Phi) is 7.94. The van der Waals surface area contributed by atoms with Gasteiger partial charge >= 0.3 is 17.7 Å². The summed E-state index contributed by atoms with van der Waals surface area (Å²) in [7, 11) is 1.25. The van der Waals surface area contributed by atoms with E-state index in [-0.39, 0.29) is 36.0 Å². The second-order valence-electron chi connectivity index (χ2n) is 9.01. The van der Waals surface area contributed by atoms with Crippen LogP contribution in [0.1, 0.15) is 35.8 Å². The van der Waals surface area contributed by atoms with E-state index in [4.69, 9.17) is 24.9 Å². The summed E-state index contributed by atoms with van der Waals surface area (Å²) in [5.41, 5.74) is 4.73. The van der Waals surface area contributed by atoms with Crippen LogP contribution in [0.2, 0.25) is 0 Å². The Bertz CT molecular complexity index is 1440. The lowest BCUT2D eigenvalue weighted by Gasteiger charge is -2.34. The zero-order chi connectivity index (χ0) is 29.0. The molecule has 2 amide bonds. The third-order valence-electron chi connectivity index (χ3n) is 6.36. The topological polar surface area (TPSA) is 172 Å². The van der Waals surface area contributed by atoms with E-state index in [9.17, 15) is 19.2 Å². The van der Waals surface area contributed by atoms with Crippen LogP contribution in [-0.4, -0.2) is 65.0 Å². The van der Waals surface area contributed by atoms with Gasteiger partial charge in [-0.15, -0.1) is 11.3 Å². The van der Waals surface area contributed by atoms with Crippen molar-refractivity contribution in [2.75, 3.05) is 19.5 Å². The number of cyclic esters (lactones) is 1. The van der Waals surface area contributed by atoms with Gasteiger partial charge in [-0.3, -0.25) is 19.2 Å². The van der Waals surface area contributed by atoms with E-state index in [1.165, 1.54) is 12.5 Å². The Hall–Kier alpha value is -4.82. The van der Waals surface area contributed by atoms with Gasteiger partial charge in [-0.2, -0.15) is 5.06 Å². The van der Waals surface area contributed by atoms with Crippen LogP contribution in [0.3, 0.4) is 0 Å². The van der Waals surface area contributed by atoms with Crippen LogP contribution < -0.4 is 11.1 Å². The predicted molar refractivity (Wildman–Crippen MR) is 144 cm³/mol. The summed E-state index contributed by atoms with van der Waals surface area (Å²) in [4.78, 5) is 66.9. The molecule has 2 saturated heterocycles. The van der Waals surface area contributed by atoms with Gasteiger partial charge in [0, 0.05) is 11.8 Å². The number of hydrogen-bond acceptors (Lipinski definition) is 12. The number of anilines is 1. The van der Waals surface area contributed by atoms with Gasteiger partial charge in [0.05, 0.1) is 6.42 Å². The van der Waals surface area contributed by atoms with Crippen LogP contribution in [-0.2, 0) is 38.3 Å². The zero-order valence-electron chi connectivity index (χ0n) is 21.7. The summed E-state index contributed by atoms with van der Waals surface area (Å²) < 4.78 is 11.4. The smallest absolute Gasteiger partial charge is 0.376 e. The lowest BCUT2D eigenvalue weighted by Crippen LogP contribution is -2.57. The number of carbonyl (C=O) groups is 4. The quantitative estimate of drug-likeness (QED) is 0.216. The van der Waals surface area contributed by atoms with Crippen molar-refractivity contribution in [3.63, 3.8) is 0 Å². The number of benzene rings is 2. The van der Waals surface area contributed by atoms with Crippen LogP contribution in [0.5, 0.6) is 0 Å². The number of hydrogen-bond donors (Lipinski definition) is 2. The zero-order valence-corrected chi connectivity index (χ0v) is 22.5. The summed E-state index contributed by atoms with van der Waals surface area (Å²) in [6.07, 6.45) is -1.23. The number of nitrogens with one attached hydrogen (secondary N) is 1. The van der Waals surface area contributed by atoms with Gasteiger partial charge in [0.2, 0.25) is 0 Å². The van der Waals surface area contributed by atoms with Gasteiger partial charge in [-0.25, -0.2) is 9.78 Å². The summed E-state index contributed by atoms with van der Waals surface area (Å²) in [6.45, 7) is -0.350. The normalized spacial score (nSPS) is 20.7. The lowest BCUT2D eigenvalue weighted by atomic mass is 10.0. The molecular formula is C27H25N5O8S. The first kappa shape index (κ1) is 27.7. The third kappa shape index (κ3) is 5.60. The highest BCUT2D eigenvalue weighted by atomic mass is 32.1. The Morgan fingerprint density at radius 3 is 2.34 bits per heavy atom. The number of ether oxygens (including phenoxy) is 2. The van der Waals surface area contributed by atoms with E-state index in [0.717, 1.165) is 11.3 Å². The maximum absolute atomic E-state index is 13.8. The van der Waals surface area contributed by atoms with Crippen LogP contribution in [0.15, 0.2) is 71.2 Å². The highest BCUT2D eigenvalue weighted by Crippen LogP contribution is 2.37. The van der Waals surface area contributed by atoms with Gasteiger partial charge in [-0.1, -0.05) is 65.8 Å². The molecule has 1 aromatic heterocycles. The first-order valence-corrected chi connectivity index (χ1v) is 13.3. The van der Waals surface area contributed by atoms with Crippen molar-refractivity contribution in [2.45, 2.75) is 30.7 Å². The maximum Gasteiger partial charge on any atom is 0.376 e. The SMILES string of the molecule is CO/N=C(/C(=O)N[C@H]1CON(C2(C(=O)OC(c3ccccc3)c3ccccc3)CCC(=O)O2)C1=O)c1csc(N)n1. The van der Waals surface area contributed by atoms with Gasteiger partial charge < -0.3 is 25.4 Å². The van der Waals surface area contributed by atoms with E-state index in [1.54, 1.807) is 48.5 Å². The number of carbonyl (C=O) groups excluding carboxylic acids is 4. The van der Waals surface area contributed by atoms with Crippen LogP contribution in [0.4, 0.5) is 5.13 Å². The number of aromatic nitrogens is 1. The lowest BCUT2D eigenvalue weighted by molar-refractivity contribution is -0.260. The average Bonchev–Trinajstić information content (AvgIpc) is 3.70. The van der Waals surface area contributed by atoms with Crippen LogP contribution in [0.25, 0.3) is 0 Å². The molecule has 0 radical (unpaired) electrons. The van der Waals surface area contributed by atoms with E-state index in [2.05, 4.69) is 15.5 Å². The standard InChI is InChI=1S/C27H25N5O8S/c1-37-31-21(19-15-41-26(28)30-19)23(34)29-18-14-38-32(24(18)35)27(13-12-20(33)40-27)25(36)39-22(16-8-4-2-5-9-16)17-10-6-3-7-11-17/h2-11,15,18,22H,12-14H2,1H3,(H2,28,30)(H,29,34)/b31-21+/t18-,27?/m0/s1. The number of oxime groups is 1. The van der Waals surface area contributed by atoms with Crippen LogP contribution in [0, 0.1) is 0 Å². The monoisotopic (exact) mass is 579 g/mol. The van der Waals surface area contributed by atoms with Crippen molar-refractivity contribution in [2.24, 2.45) is 5.16 Å². The fraction of sp³-hybridized carbons (Fsp3) is 0.259. The molecule has 3 aromatic rings. The van der Waals surface area contributed by atoms with Crippen molar-refractivity contribution in [1.29, 1.82) is 0 Å². The van der Waals surface area contributed by atoms with Crippen molar-refractivity contribution >= 4 is 45.9 Å². The summed E-state index contributed by atoms with van der Waals surface area (Å²) in [6, 6.07) is 16.7. The highest BCUT2D eigenvalue weighted by molar-refractivity contribution is 7.13. The number of amides is 2. The fourth-order valence-electron chi connectivity index (χ4n) is 4.44. The molecule has 0 saturated carbocycles. The predicted octanol–water partition coefficient (Wildman–Crippen LogP) is 1.70. The second-order valence-corrected chi connectivity index (χ2v) is 9.90. The molecule has 3 N–H and O–H groups in total. The van der Waals surface area contributed by atoms with E-state index >= 15 is 0 Å². The van der Waals surface area contributed by atoms with E-state index < -0.39 is 41.6 Å². The molecule has 5 rings (SSSR count). The molecular weight excluding hydrogens is 554 g/mol. The molecule has 0 aliphatic carbocycles. The molecule has 13 nitrogen and oxygen atoms in total. The molecule has 14 heteroatoms. The summed E-state index contributed by atoms with van der Waals surface area (Å²) in [5.74, 6) is -3.33. The molecule has 2 aromatic carbocycles. The Morgan fingerprint density at radius 2 is 1.80 bits per heavy atom. The molecule has 1 unspecified atom stereocenters. The van der Waals surface area contributed by atoms with E-state index in [1.807, 2.05) is 12.1 Å². The number of nitrogen functional groups attached to an aromatic ring is 1. The minimum atomic E-state index is -2.19. The molecule has 2 fully saturated rings. The maximum atomic E-state index is 13.8. The van der Waals surface area contributed by atoms with Crippen molar-refractivity contribution < 1.29 is 38.3 Å². The number of nitrogens with zero attached hydrogens (tertiary/aromatic N) is 3. The highest BCUT2D eigenvalue weighted by Gasteiger charge is 2.60. The fourth-order valence-corrected chi connectivity index (χ4v) is 4.99. The van der Waals surface area contributed by atoms with Gasteiger partial charge in [0.1, 0.15) is 25.5 Å². The minimum Gasteiger partial charge on any atom is -0.448 e. The largest absolute Gasteiger partial charge is 0.448 e. The van der Waals surface area contributed by atoms with Crippen molar-refractivity contribution in [3.8, 4) is 0 Å². The molecule has 0 bridgehead atoms. The second kappa shape index (κ2) is 11.7. The molecule has 0 spiro atoms. The number of thiazole rings is 1. The third-order valence-corrected chi connectivity index (χ3v) is 7.04. The number of hydroxylamine groups is 2. The first-order valence-electron chi connectivity index (χ1n) is 12.5. The van der Waals surface area contributed by atoms with Gasteiger partial charge in [0.25, 0.3) is 11.8 Å².